The lowest BCUT2D eigenvalue weighted by Crippen LogP contribution is -2.62. The van der Waals surface area contributed by atoms with Crippen LogP contribution in [0.3, 0.4) is 0 Å². The third kappa shape index (κ3) is 10.8. The van der Waals surface area contributed by atoms with Crippen molar-refractivity contribution in [3.63, 3.8) is 0 Å². The highest BCUT2D eigenvalue weighted by Crippen LogP contribution is 2.39. The summed E-state index contributed by atoms with van der Waals surface area (Å²) in [7, 11) is 0. The van der Waals surface area contributed by atoms with Gasteiger partial charge in [0.2, 0.25) is 0 Å². The summed E-state index contributed by atoms with van der Waals surface area (Å²) in [6.07, 6.45) is -7.02. The van der Waals surface area contributed by atoms with E-state index in [-0.39, 0.29) is 4.80 Å². The molecule has 298 valence electrons. The number of carbonyl (C=O) groups excluding carboxylic acids is 5. The molecule has 13 heteroatoms. The van der Waals surface area contributed by atoms with Crippen molar-refractivity contribution in [3.8, 4) is 11.3 Å². The Bertz CT molecular complexity index is 1920. The summed E-state index contributed by atoms with van der Waals surface area (Å²) in [5.74, 6) is -3.12. The van der Waals surface area contributed by atoms with E-state index in [9.17, 15) is 24.0 Å². The van der Waals surface area contributed by atoms with Crippen LogP contribution < -0.4 is 4.80 Å². The van der Waals surface area contributed by atoms with E-state index in [0.29, 0.717) is 16.8 Å². The van der Waals surface area contributed by atoms with Gasteiger partial charge in [-0.3, -0.25) is 28.5 Å². The molecular formula is C42H54N2O10S. The van der Waals surface area contributed by atoms with E-state index in [2.05, 4.69) is 4.99 Å². The van der Waals surface area contributed by atoms with Crippen molar-refractivity contribution in [2.24, 2.45) is 26.7 Å². The molecule has 1 fully saturated rings. The van der Waals surface area contributed by atoms with Crippen molar-refractivity contribution < 1.29 is 47.7 Å². The minimum absolute atomic E-state index is 0.172. The van der Waals surface area contributed by atoms with Gasteiger partial charge in [-0.05, 0) is 101 Å². The van der Waals surface area contributed by atoms with Crippen molar-refractivity contribution in [2.45, 2.75) is 114 Å². The second-order valence-corrected chi connectivity index (χ2v) is 18.5. The second-order valence-electron chi connectivity index (χ2n) is 17.7. The molecule has 1 aliphatic heterocycles. The Morgan fingerprint density at radius 1 is 0.636 bits per heavy atom. The SMILES string of the molecule is CC(C)(C)C(=O)OC[C@H]1O[C@@H](n2c(-c3ccccc3)csc2=NC(=O)c2ccccc2)[C@H](OC(=O)C(C)(C)C)[C@@H](OC(=O)C(C)(C)C)[C@@H]1OC(=O)C(C)(C)C. The van der Waals surface area contributed by atoms with Crippen LogP contribution in [0.1, 0.15) is 99.7 Å². The fourth-order valence-electron chi connectivity index (χ4n) is 5.11. The summed E-state index contributed by atoms with van der Waals surface area (Å²) in [6.45, 7) is 19.6. The van der Waals surface area contributed by atoms with Crippen LogP contribution in [-0.2, 0) is 42.9 Å². The number of aromatic nitrogens is 1. The van der Waals surface area contributed by atoms with Crippen LogP contribution in [-0.4, -0.2) is 65.4 Å². The molecule has 2 aromatic carbocycles. The molecule has 4 rings (SSSR count). The number of hydrogen-bond donors (Lipinski definition) is 0. The van der Waals surface area contributed by atoms with Gasteiger partial charge in [0.15, 0.2) is 29.3 Å². The maximum absolute atomic E-state index is 13.9. The van der Waals surface area contributed by atoms with Crippen LogP contribution in [0.15, 0.2) is 71.0 Å². The zero-order valence-electron chi connectivity index (χ0n) is 33.8. The maximum Gasteiger partial charge on any atom is 0.311 e. The van der Waals surface area contributed by atoms with E-state index in [4.69, 9.17) is 23.7 Å². The summed E-state index contributed by atoms with van der Waals surface area (Å²) >= 11 is 1.15. The Balaban J connectivity index is 2.06. The number of benzene rings is 2. The molecule has 0 N–H and O–H groups in total. The van der Waals surface area contributed by atoms with Gasteiger partial charge in [-0.15, -0.1) is 11.3 Å². The molecule has 1 saturated heterocycles. The number of amides is 1. The minimum atomic E-state index is -1.49. The topological polar surface area (TPSA) is 149 Å². The molecule has 55 heavy (non-hydrogen) atoms. The predicted octanol–water partition coefficient (Wildman–Crippen LogP) is 7.32. The second kappa shape index (κ2) is 16.6. The molecule has 0 aliphatic carbocycles. The molecule has 0 bridgehead atoms. The number of ether oxygens (including phenoxy) is 5. The van der Waals surface area contributed by atoms with Crippen LogP contribution in [0.2, 0.25) is 0 Å². The fraction of sp³-hybridized carbons (Fsp3) is 0.524. The Hall–Kier alpha value is -4.62. The molecular weight excluding hydrogens is 725 g/mol. The third-order valence-corrected chi connectivity index (χ3v) is 9.29. The molecule has 5 atom stereocenters. The molecule has 1 amide bonds. The quantitative estimate of drug-likeness (QED) is 0.168. The van der Waals surface area contributed by atoms with E-state index < -0.39 is 88.7 Å². The summed E-state index contributed by atoms with van der Waals surface area (Å²) in [5, 5.41) is 1.79. The first kappa shape index (κ1) is 43.1. The zero-order chi connectivity index (χ0) is 41.1. The standard InChI is InChI=1S/C42H54N2O10S/c1-39(2,3)34(46)50-23-28-29(52-35(47)40(4,5)6)30(53-36(48)41(7,8)9)31(54-37(49)42(10,11)12)33(51-28)44-27(25-19-15-13-16-20-25)24-55-38(44)43-32(45)26-21-17-14-18-22-26/h13-22,24,28-31,33H,23H2,1-12H3/t28-,29-,30+,31-,33-/m1/s1. The van der Waals surface area contributed by atoms with Gasteiger partial charge < -0.3 is 23.7 Å². The Morgan fingerprint density at radius 2 is 1.09 bits per heavy atom. The molecule has 1 aliphatic rings. The van der Waals surface area contributed by atoms with Crippen LogP contribution in [0, 0.1) is 21.7 Å². The Kier molecular flexibility index (Phi) is 13.0. The van der Waals surface area contributed by atoms with Gasteiger partial charge in [-0.25, -0.2) is 0 Å². The minimum Gasteiger partial charge on any atom is -0.462 e. The lowest BCUT2D eigenvalue weighted by molar-refractivity contribution is -0.275. The van der Waals surface area contributed by atoms with Gasteiger partial charge in [0.1, 0.15) is 12.7 Å². The van der Waals surface area contributed by atoms with Crippen molar-refractivity contribution in [1.82, 2.24) is 4.57 Å². The van der Waals surface area contributed by atoms with Crippen molar-refractivity contribution in [2.75, 3.05) is 6.61 Å². The highest BCUT2D eigenvalue weighted by Gasteiger charge is 2.55. The van der Waals surface area contributed by atoms with Crippen LogP contribution >= 0.6 is 11.3 Å². The summed E-state index contributed by atoms with van der Waals surface area (Å²) < 4.78 is 32.9. The Morgan fingerprint density at radius 3 is 1.58 bits per heavy atom. The molecule has 2 heterocycles. The first-order valence-corrected chi connectivity index (χ1v) is 19.1. The average molecular weight is 779 g/mol. The van der Waals surface area contributed by atoms with Gasteiger partial charge in [-0.2, -0.15) is 4.99 Å². The molecule has 0 radical (unpaired) electrons. The number of rotatable bonds is 8. The molecule has 0 saturated carbocycles. The highest BCUT2D eigenvalue weighted by atomic mass is 32.1. The summed E-state index contributed by atoms with van der Waals surface area (Å²) in [6, 6.07) is 17.8. The van der Waals surface area contributed by atoms with Gasteiger partial charge in [0.25, 0.3) is 5.91 Å². The monoisotopic (exact) mass is 778 g/mol. The molecule has 3 aromatic rings. The smallest absolute Gasteiger partial charge is 0.311 e. The van der Waals surface area contributed by atoms with Gasteiger partial charge >= 0.3 is 23.9 Å². The van der Waals surface area contributed by atoms with Crippen molar-refractivity contribution in [1.29, 1.82) is 0 Å². The third-order valence-electron chi connectivity index (χ3n) is 8.45. The normalized spacial score (nSPS) is 21.0. The number of hydrogen-bond acceptors (Lipinski definition) is 11. The van der Waals surface area contributed by atoms with Gasteiger partial charge in [-0.1, -0.05) is 48.5 Å². The maximum atomic E-state index is 13.9. The first-order valence-electron chi connectivity index (χ1n) is 18.2. The van der Waals surface area contributed by atoms with E-state index in [1.165, 1.54) is 0 Å². The lowest BCUT2D eigenvalue weighted by Gasteiger charge is -2.46. The largest absolute Gasteiger partial charge is 0.462 e. The van der Waals surface area contributed by atoms with Gasteiger partial charge in [0.05, 0.1) is 27.4 Å². The van der Waals surface area contributed by atoms with Crippen LogP contribution in [0.5, 0.6) is 0 Å². The molecule has 1 aromatic heterocycles. The van der Waals surface area contributed by atoms with E-state index in [1.54, 1.807) is 123 Å². The zero-order valence-corrected chi connectivity index (χ0v) is 34.6. The highest BCUT2D eigenvalue weighted by molar-refractivity contribution is 7.07. The first-order chi connectivity index (χ1) is 25.4. The predicted molar refractivity (Wildman–Crippen MR) is 206 cm³/mol. The number of nitrogens with zero attached hydrogens (tertiary/aromatic N) is 2. The average Bonchev–Trinajstić information content (AvgIpc) is 3.50. The van der Waals surface area contributed by atoms with E-state index >= 15 is 0 Å². The number of esters is 4. The lowest BCUT2D eigenvalue weighted by atomic mass is 9.92. The summed E-state index contributed by atoms with van der Waals surface area (Å²) in [4.78, 5) is 72.9. The van der Waals surface area contributed by atoms with Gasteiger partial charge in [0, 0.05) is 10.9 Å². The number of carbonyl (C=O) groups is 5. The molecule has 0 unspecified atom stereocenters. The van der Waals surface area contributed by atoms with E-state index in [0.717, 1.165) is 11.3 Å². The van der Waals surface area contributed by atoms with Crippen LogP contribution in [0.25, 0.3) is 11.3 Å². The van der Waals surface area contributed by atoms with Crippen molar-refractivity contribution >= 4 is 41.1 Å². The Labute approximate surface area is 327 Å². The van der Waals surface area contributed by atoms with Crippen molar-refractivity contribution in [3.05, 3.63) is 76.4 Å². The summed E-state index contributed by atoms with van der Waals surface area (Å²) in [5.41, 5.74) is -2.44. The molecule has 0 spiro atoms. The molecule has 12 nitrogen and oxygen atoms in total. The number of thiazole rings is 1. The fourth-order valence-corrected chi connectivity index (χ4v) is 6.03. The van der Waals surface area contributed by atoms with E-state index in [1.807, 2.05) is 30.3 Å². The van der Waals surface area contributed by atoms with Crippen LogP contribution in [0.4, 0.5) is 0 Å².